The van der Waals surface area contributed by atoms with Crippen LogP contribution in [0, 0.1) is 0 Å². The predicted octanol–water partition coefficient (Wildman–Crippen LogP) is 2.79. The minimum absolute atomic E-state index is 0.0862. The summed E-state index contributed by atoms with van der Waals surface area (Å²) >= 11 is 0. The molecule has 0 bridgehead atoms. The average molecular weight is 256 g/mol. The second-order valence-corrected chi connectivity index (χ2v) is 4.28. The molecule has 0 radical (unpaired) electrons. The standard InChI is InChI=1S/C15H16N2O2/c1-2-10-3-6-12(7-4-10)17-15(19)13-9-11(16)5-8-14(13)18/h3-9,18H,2,16H2,1H3,(H,17,19). The molecule has 4 nitrogen and oxygen atoms in total. The molecule has 0 spiro atoms. The molecule has 0 atom stereocenters. The number of anilines is 2. The molecule has 0 heterocycles. The molecule has 2 aromatic rings. The largest absolute Gasteiger partial charge is 0.507 e. The van der Waals surface area contributed by atoms with Gasteiger partial charge in [0.15, 0.2) is 0 Å². The Morgan fingerprint density at radius 2 is 1.89 bits per heavy atom. The van der Waals surface area contributed by atoms with Gasteiger partial charge >= 0.3 is 0 Å². The third-order valence-corrected chi connectivity index (χ3v) is 2.89. The molecule has 0 fully saturated rings. The molecule has 4 N–H and O–H groups in total. The van der Waals surface area contributed by atoms with Crippen molar-refractivity contribution in [1.29, 1.82) is 0 Å². The number of aromatic hydroxyl groups is 1. The van der Waals surface area contributed by atoms with Crippen molar-refractivity contribution >= 4 is 17.3 Å². The number of benzene rings is 2. The highest BCUT2D eigenvalue weighted by Crippen LogP contribution is 2.21. The Labute approximate surface area is 111 Å². The maximum atomic E-state index is 12.0. The fraction of sp³-hybridized carbons (Fsp3) is 0.133. The number of nitrogen functional groups attached to an aromatic ring is 1. The van der Waals surface area contributed by atoms with E-state index in [2.05, 4.69) is 12.2 Å². The number of carbonyl (C=O) groups is 1. The van der Waals surface area contributed by atoms with E-state index in [1.165, 1.54) is 17.7 Å². The molecule has 0 aliphatic carbocycles. The monoisotopic (exact) mass is 256 g/mol. The molecule has 0 aliphatic heterocycles. The van der Waals surface area contributed by atoms with Gasteiger partial charge < -0.3 is 16.2 Å². The molecule has 0 saturated heterocycles. The van der Waals surface area contributed by atoms with E-state index < -0.39 is 0 Å². The Morgan fingerprint density at radius 1 is 1.21 bits per heavy atom. The molecule has 4 heteroatoms. The number of phenols is 1. The average Bonchev–Trinajstić information content (AvgIpc) is 2.42. The third-order valence-electron chi connectivity index (χ3n) is 2.89. The van der Waals surface area contributed by atoms with Crippen molar-refractivity contribution in [3.63, 3.8) is 0 Å². The van der Waals surface area contributed by atoms with Crippen LogP contribution in [0.1, 0.15) is 22.8 Å². The molecule has 0 saturated carbocycles. The van der Waals surface area contributed by atoms with Crippen LogP contribution < -0.4 is 11.1 Å². The van der Waals surface area contributed by atoms with Crippen molar-refractivity contribution in [2.75, 3.05) is 11.1 Å². The summed E-state index contributed by atoms with van der Waals surface area (Å²) in [5, 5.41) is 12.4. The van der Waals surface area contributed by atoms with Crippen LogP contribution in [0.5, 0.6) is 5.75 Å². The van der Waals surface area contributed by atoms with Crippen LogP contribution in [0.4, 0.5) is 11.4 Å². The first-order chi connectivity index (χ1) is 9.10. The van der Waals surface area contributed by atoms with Gasteiger partial charge in [0.1, 0.15) is 5.75 Å². The van der Waals surface area contributed by atoms with E-state index in [4.69, 9.17) is 5.73 Å². The summed E-state index contributed by atoms with van der Waals surface area (Å²) in [6, 6.07) is 12.0. The van der Waals surface area contributed by atoms with Gasteiger partial charge in [-0.1, -0.05) is 19.1 Å². The van der Waals surface area contributed by atoms with Crippen LogP contribution in [-0.4, -0.2) is 11.0 Å². The second kappa shape index (κ2) is 5.44. The molecule has 1 amide bonds. The molecule has 2 aromatic carbocycles. The van der Waals surface area contributed by atoms with Gasteiger partial charge in [-0.25, -0.2) is 0 Å². The van der Waals surface area contributed by atoms with Crippen molar-refractivity contribution in [3.05, 3.63) is 53.6 Å². The van der Waals surface area contributed by atoms with Gasteiger partial charge in [0.05, 0.1) is 5.56 Å². The fourth-order valence-electron chi connectivity index (χ4n) is 1.76. The Hall–Kier alpha value is -2.49. The summed E-state index contributed by atoms with van der Waals surface area (Å²) < 4.78 is 0. The second-order valence-electron chi connectivity index (χ2n) is 4.28. The summed E-state index contributed by atoms with van der Waals surface area (Å²) in [5.41, 5.74) is 8.09. The Balaban J connectivity index is 2.18. The SMILES string of the molecule is CCc1ccc(NC(=O)c2cc(N)ccc2O)cc1. The zero-order valence-electron chi connectivity index (χ0n) is 10.7. The first-order valence-corrected chi connectivity index (χ1v) is 6.09. The number of phenolic OH excluding ortho intramolecular Hbond substituents is 1. The summed E-state index contributed by atoms with van der Waals surface area (Å²) in [7, 11) is 0. The predicted molar refractivity (Wildman–Crippen MR) is 76.3 cm³/mol. The lowest BCUT2D eigenvalue weighted by Gasteiger charge is -2.08. The Morgan fingerprint density at radius 3 is 2.53 bits per heavy atom. The lowest BCUT2D eigenvalue weighted by Crippen LogP contribution is -2.12. The number of rotatable bonds is 3. The van der Waals surface area contributed by atoms with Crippen molar-refractivity contribution in [2.24, 2.45) is 0 Å². The number of hydrogen-bond acceptors (Lipinski definition) is 3. The maximum absolute atomic E-state index is 12.0. The zero-order valence-corrected chi connectivity index (χ0v) is 10.7. The van der Waals surface area contributed by atoms with Crippen LogP contribution in [-0.2, 0) is 6.42 Å². The molecule has 0 unspecified atom stereocenters. The van der Waals surface area contributed by atoms with E-state index in [9.17, 15) is 9.90 Å². The first kappa shape index (κ1) is 13.0. The summed E-state index contributed by atoms with van der Waals surface area (Å²) in [6.07, 6.45) is 0.949. The van der Waals surface area contributed by atoms with Crippen molar-refractivity contribution in [3.8, 4) is 5.75 Å². The first-order valence-electron chi connectivity index (χ1n) is 6.09. The minimum Gasteiger partial charge on any atom is -0.507 e. The molecule has 0 aliphatic rings. The van der Waals surface area contributed by atoms with Crippen LogP contribution >= 0.6 is 0 Å². The highest BCUT2D eigenvalue weighted by Gasteiger charge is 2.11. The Kier molecular flexibility index (Phi) is 3.71. The van der Waals surface area contributed by atoms with E-state index in [1.807, 2.05) is 24.3 Å². The summed E-state index contributed by atoms with van der Waals surface area (Å²) in [4.78, 5) is 12.0. The Bertz CT molecular complexity index is 592. The minimum atomic E-state index is -0.381. The molecule has 19 heavy (non-hydrogen) atoms. The lowest BCUT2D eigenvalue weighted by molar-refractivity contribution is 0.102. The van der Waals surface area contributed by atoms with E-state index in [0.717, 1.165) is 6.42 Å². The quantitative estimate of drug-likeness (QED) is 0.584. The van der Waals surface area contributed by atoms with Crippen molar-refractivity contribution in [1.82, 2.24) is 0 Å². The normalized spacial score (nSPS) is 10.2. The van der Waals surface area contributed by atoms with Gasteiger partial charge in [-0.15, -0.1) is 0 Å². The highest BCUT2D eigenvalue weighted by atomic mass is 16.3. The van der Waals surface area contributed by atoms with Crippen LogP contribution in [0.3, 0.4) is 0 Å². The van der Waals surface area contributed by atoms with Gasteiger partial charge in [0.25, 0.3) is 5.91 Å². The van der Waals surface area contributed by atoms with Crippen LogP contribution in [0.2, 0.25) is 0 Å². The fourth-order valence-corrected chi connectivity index (χ4v) is 1.76. The van der Waals surface area contributed by atoms with Crippen LogP contribution in [0.25, 0.3) is 0 Å². The molecule has 2 rings (SSSR count). The molecular weight excluding hydrogens is 240 g/mol. The lowest BCUT2D eigenvalue weighted by atomic mass is 10.1. The van der Waals surface area contributed by atoms with E-state index >= 15 is 0 Å². The van der Waals surface area contributed by atoms with Crippen LogP contribution in [0.15, 0.2) is 42.5 Å². The smallest absolute Gasteiger partial charge is 0.259 e. The number of amides is 1. The molecular formula is C15H16N2O2. The number of carbonyl (C=O) groups excluding carboxylic acids is 1. The maximum Gasteiger partial charge on any atom is 0.259 e. The van der Waals surface area contributed by atoms with E-state index in [1.54, 1.807) is 6.07 Å². The van der Waals surface area contributed by atoms with Gasteiger partial charge in [0, 0.05) is 11.4 Å². The topological polar surface area (TPSA) is 75.4 Å². The summed E-state index contributed by atoms with van der Waals surface area (Å²) in [5.74, 6) is -0.467. The number of nitrogens with one attached hydrogen (secondary N) is 1. The van der Waals surface area contributed by atoms with Gasteiger partial charge in [-0.3, -0.25) is 4.79 Å². The van der Waals surface area contributed by atoms with E-state index in [-0.39, 0.29) is 17.2 Å². The van der Waals surface area contributed by atoms with Gasteiger partial charge in [-0.05, 0) is 42.3 Å². The summed E-state index contributed by atoms with van der Waals surface area (Å²) in [6.45, 7) is 2.07. The third kappa shape index (κ3) is 3.04. The number of aryl methyl sites for hydroxylation is 1. The van der Waals surface area contributed by atoms with Crippen molar-refractivity contribution in [2.45, 2.75) is 13.3 Å². The zero-order chi connectivity index (χ0) is 13.8. The molecule has 0 aromatic heterocycles. The van der Waals surface area contributed by atoms with E-state index in [0.29, 0.717) is 11.4 Å². The van der Waals surface area contributed by atoms with Gasteiger partial charge in [0.2, 0.25) is 0 Å². The molecule has 98 valence electrons. The van der Waals surface area contributed by atoms with Gasteiger partial charge in [-0.2, -0.15) is 0 Å². The van der Waals surface area contributed by atoms with Crippen molar-refractivity contribution < 1.29 is 9.90 Å². The number of nitrogens with two attached hydrogens (primary N) is 1. The highest BCUT2D eigenvalue weighted by molar-refractivity contribution is 6.06. The number of hydrogen-bond donors (Lipinski definition) is 3.